The third-order valence-electron chi connectivity index (χ3n) is 5.02. The summed E-state index contributed by atoms with van der Waals surface area (Å²) in [4.78, 5) is 2.57. The first-order valence-electron chi connectivity index (χ1n) is 8.72. The molecule has 1 saturated heterocycles. The molecule has 122 valence electrons. The summed E-state index contributed by atoms with van der Waals surface area (Å²) in [5, 5.41) is 7.50. The lowest BCUT2D eigenvalue weighted by molar-refractivity contribution is -0.124. The predicted molar refractivity (Wildman–Crippen MR) is 87.7 cm³/mol. The fourth-order valence-electron chi connectivity index (χ4n) is 4.01. The van der Waals surface area contributed by atoms with Crippen LogP contribution in [-0.4, -0.2) is 42.1 Å². The molecule has 0 radical (unpaired) electrons. The van der Waals surface area contributed by atoms with Gasteiger partial charge in [-0.05, 0) is 31.6 Å². The van der Waals surface area contributed by atoms with Gasteiger partial charge in [0.15, 0.2) is 0 Å². The summed E-state index contributed by atoms with van der Waals surface area (Å²) in [5.74, 6) is 0.963. The smallest absolute Gasteiger partial charge is 0.0918 e. The van der Waals surface area contributed by atoms with Crippen molar-refractivity contribution in [2.45, 2.75) is 76.9 Å². The molecule has 0 aromatic carbocycles. The van der Waals surface area contributed by atoms with Gasteiger partial charge in [-0.1, -0.05) is 33.1 Å². The largest absolute Gasteiger partial charge is 0.388 e. The van der Waals surface area contributed by atoms with E-state index in [0.29, 0.717) is 24.2 Å². The summed E-state index contributed by atoms with van der Waals surface area (Å²) < 4.78 is 6.22. The standard InChI is InChI=1S/C17H33N3O/c1-14(2)13-20(10-6-16(18)19)15-7-11-21-17(12-15)8-4-3-5-9-17/h14-15H,3-13H2,1-2H3,(H3,18,19). The average Bonchev–Trinajstić information content (AvgIpc) is 2.44. The van der Waals surface area contributed by atoms with Gasteiger partial charge in [-0.25, -0.2) is 0 Å². The van der Waals surface area contributed by atoms with Gasteiger partial charge >= 0.3 is 0 Å². The summed E-state index contributed by atoms with van der Waals surface area (Å²) >= 11 is 0. The second-order valence-corrected chi connectivity index (χ2v) is 7.40. The summed E-state index contributed by atoms with van der Waals surface area (Å²) in [6.07, 6.45) is 9.50. The minimum Gasteiger partial charge on any atom is -0.388 e. The Bertz CT molecular complexity index is 331. The number of rotatable bonds is 6. The molecule has 2 fully saturated rings. The number of hydrogen-bond acceptors (Lipinski definition) is 3. The number of nitrogens with one attached hydrogen (secondary N) is 1. The van der Waals surface area contributed by atoms with Gasteiger partial charge in [0, 0.05) is 32.2 Å². The molecule has 1 aliphatic carbocycles. The van der Waals surface area contributed by atoms with E-state index in [9.17, 15) is 0 Å². The van der Waals surface area contributed by atoms with Crippen LogP contribution >= 0.6 is 0 Å². The van der Waals surface area contributed by atoms with Crippen molar-refractivity contribution in [1.29, 1.82) is 5.41 Å². The number of nitrogens with zero attached hydrogens (tertiary/aromatic N) is 1. The molecule has 3 N–H and O–H groups in total. The molecule has 1 spiro atoms. The van der Waals surface area contributed by atoms with Gasteiger partial charge < -0.3 is 10.5 Å². The Morgan fingerprint density at radius 2 is 2.05 bits per heavy atom. The van der Waals surface area contributed by atoms with E-state index in [4.69, 9.17) is 15.9 Å². The Balaban J connectivity index is 1.98. The second-order valence-electron chi connectivity index (χ2n) is 7.40. The van der Waals surface area contributed by atoms with E-state index in [2.05, 4.69) is 18.7 Å². The van der Waals surface area contributed by atoms with Gasteiger partial charge in [0.25, 0.3) is 0 Å². The van der Waals surface area contributed by atoms with Crippen molar-refractivity contribution in [2.75, 3.05) is 19.7 Å². The lowest BCUT2D eigenvalue weighted by Crippen LogP contribution is -2.50. The molecule has 1 aliphatic heterocycles. The van der Waals surface area contributed by atoms with E-state index in [1.54, 1.807) is 0 Å². The minimum atomic E-state index is 0.159. The highest BCUT2D eigenvalue weighted by atomic mass is 16.5. The number of amidine groups is 1. The zero-order chi connectivity index (χ0) is 15.3. The van der Waals surface area contributed by atoms with E-state index < -0.39 is 0 Å². The molecule has 2 rings (SSSR count). The predicted octanol–water partition coefficient (Wildman–Crippen LogP) is 3.15. The van der Waals surface area contributed by atoms with Crippen LogP contribution in [0.2, 0.25) is 0 Å². The first-order chi connectivity index (χ1) is 10.0. The van der Waals surface area contributed by atoms with Crippen LogP contribution in [0.4, 0.5) is 0 Å². The average molecular weight is 295 g/mol. The highest BCUT2D eigenvalue weighted by molar-refractivity contribution is 5.76. The van der Waals surface area contributed by atoms with E-state index in [0.717, 1.165) is 26.1 Å². The summed E-state index contributed by atoms with van der Waals surface area (Å²) in [6, 6.07) is 0.610. The van der Waals surface area contributed by atoms with Crippen LogP contribution in [0.1, 0.15) is 65.2 Å². The first-order valence-corrected chi connectivity index (χ1v) is 8.72. The molecule has 0 aromatic heterocycles. The molecule has 1 unspecified atom stereocenters. The van der Waals surface area contributed by atoms with Gasteiger partial charge in [0.05, 0.1) is 11.4 Å². The number of hydrogen-bond donors (Lipinski definition) is 2. The molecule has 4 nitrogen and oxygen atoms in total. The molecule has 0 aromatic rings. The summed E-state index contributed by atoms with van der Waals surface area (Å²) in [7, 11) is 0. The molecule has 0 bridgehead atoms. The van der Waals surface area contributed by atoms with Crippen LogP contribution in [0.3, 0.4) is 0 Å². The lowest BCUT2D eigenvalue weighted by Gasteiger charge is -2.47. The third-order valence-corrected chi connectivity index (χ3v) is 5.02. The monoisotopic (exact) mass is 295 g/mol. The SMILES string of the molecule is CC(C)CN(CCC(=N)N)C1CCOC2(CCCCC2)C1. The van der Waals surface area contributed by atoms with E-state index in [1.807, 2.05) is 0 Å². The van der Waals surface area contributed by atoms with Crippen LogP contribution in [0, 0.1) is 11.3 Å². The minimum absolute atomic E-state index is 0.159. The highest BCUT2D eigenvalue weighted by Crippen LogP contribution is 2.39. The zero-order valence-corrected chi connectivity index (χ0v) is 13.9. The van der Waals surface area contributed by atoms with Crippen molar-refractivity contribution in [2.24, 2.45) is 11.7 Å². The zero-order valence-electron chi connectivity index (χ0n) is 13.9. The molecule has 0 amide bonds. The topological polar surface area (TPSA) is 62.3 Å². The maximum Gasteiger partial charge on any atom is 0.0918 e. The maximum absolute atomic E-state index is 7.50. The highest BCUT2D eigenvalue weighted by Gasteiger charge is 2.40. The Morgan fingerprint density at radius 3 is 2.67 bits per heavy atom. The Labute approximate surface area is 129 Å². The van der Waals surface area contributed by atoms with Crippen molar-refractivity contribution in [3.8, 4) is 0 Å². The van der Waals surface area contributed by atoms with Crippen LogP contribution < -0.4 is 5.73 Å². The van der Waals surface area contributed by atoms with Crippen LogP contribution in [0.5, 0.6) is 0 Å². The second kappa shape index (κ2) is 7.59. The normalized spacial score (nSPS) is 25.6. The summed E-state index contributed by atoms with van der Waals surface area (Å²) in [5.41, 5.74) is 5.73. The van der Waals surface area contributed by atoms with Gasteiger partial charge in [-0.2, -0.15) is 0 Å². The van der Waals surface area contributed by atoms with Crippen molar-refractivity contribution >= 4 is 5.84 Å². The van der Waals surface area contributed by atoms with Crippen LogP contribution in [-0.2, 0) is 4.74 Å². The number of ether oxygens (including phenoxy) is 1. The molecule has 1 heterocycles. The van der Waals surface area contributed by atoms with E-state index in [-0.39, 0.29) is 5.60 Å². The molecule has 1 atom stereocenters. The van der Waals surface area contributed by atoms with Gasteiger partial charge in [0.2, 0.25) is 0 Å². The van der Waals surface area contributed by atoms with E-state index in [1.165, 1.54) is 38.5 Å². The third kappa shape index (κ3) is 4.96. The van der Waals surface area contributed by atoms with Gasteiger partial charge in [-0.15, -0.1) is 0 Å². The van der Waals surface area contributed by atoms with Crippen LogP contribution in [0.25, 0.3) is 0 Å². The fraction of sp³-hybridized carbons (Fsp3) is 0.941. The molecule has 2 aliphatic rings. The van der Waals surface area contributed by atoms with Gasteiger partial charge in [-0.3, -0.25) is 10.3 Å². The van der Waals surface area contributed by atoms with Crippen molar-refractivity contribution < 1.29 is 4.74 Å². The molecular weight excluding hydrogens is 262 g/mol. The molecular formula is C17H33N3O. The maximum atomic E-state index is 7.50. The Hall–Kier alpha value is -0.610. The van der Waals surface area contributed by atoms with Crippen molar-refractivity contribution in [3.05, 3.63) is 0 Å². The first kappa shape index (κ1) is 16.8. The number of nitrogens with two attached hydrogens (primary N) is 1. The lowest BCUT2D eigenvalue weighted by atomic mass is 9.78. The summed E-state index contributed by atoms with van der Waals surface area (Å²) in [6.45, 7) is 7.48. The van der Waals surface area contributed by atoms with Crippen LogP contribution in [0.15, 0.2) is 0 Å². The Morgan fingerprint density at radius 1 is 1.33 bits per heavy atom. The molecule has 21 heavy (non-hydrogen) atoms. The quantitative estimate of drug-likeness (QED) is 0.584. The fourth-order valence-corrected chi connectivity index (χ4v) is 4.01. The molecule has 1 saturated carbocycles. The van der Waals surface area contributed by atoms with E-state index >= 15 is 0 Å². The van der Waals surface area contributed by atoms with Crippen molar-refractivity contribution in [3.63, 3.8) is 0 Å². The van der Waals surface area contributed by atoms with Crippen molar-refractivity contribution in [1.82, 2.24) is 4.90 Å². The van der Waals surface area contributed by atoms with Gasteiger partial charge in [0.1, 0.15) is 0 Å². The molecule has 4 heteroatoms. The Kier molecular flexibility index (Phi) is 6.06.